The molecule has 0 aromatic carbocycles. The van der Waals surface area contributed by atoms with E-state index in [1.165, 1.54) is 0 Å². The number of rotatable bonds is 2. The summed E-state index contributed by atoms with van der Waals surface area (Å²) in [5.41, 5.74) is 0. The predicted molar refractivity (Wildman–Crippen MR) is 55.8 cm³/mol. The van der Waals surface area contributed by atoms with E-state index in [0.717, 1.165) is 0 Å². The van der Waals surface area contributed by atoms with Crippen LogP contribution in [0.25, 0.3) is 0 Å². The van der Waals surface area contributed by atoms with Crippen LogP contribution in [-0.4, -0.2) is 26.5 Å². The molecule has 0 radical (unpaired) electrons. The van der Waals surface area contributed by atoms with E-state index in [4.69, 9.17) is 0 Å². The van der Waals surface area contributed by atoms with Crippen molar-refractivity contribution in [2.45, 2.75) is 34.5 Å². The summed E-state index contributed by atoms with van der Waals surface area (Å²) >= 11 is -2.69. The van der Waals surface area contributed by atoms with Crippen molar-refractivity contribution in [1.82, 2.24) is 0 Å². The topological polar surface area (TPSA) is 0 Å². The maximum atomic E-state index is 2.54. The molecule has 0 aliphatic heterocycles. The standard InChI is InChI=1S/C8H20Ge2/c1-9(2,3)7-8-10(4,5)6/h7-8H,1-6H3. The summed E-state index contributed by atoms with van der Waals surface area (Å²) in [4.78, 5) is 5.08. The third-order valence-electron chi connectivity index (χ3n) is 1.08. The average Bonchev–Trinajstić information content (AvgIpc) is 1.57. The van der Waals surface area contributed by atoms with E-state index in [0.29, 0.717) is 0 Å². The quantitative estimate of drug-likeness (QED) is 0.669. The van der Waals surface area contributed by atoms with Crippen molar-refractivity contribution >= 4 is 26.5 Å². The van der Waals surface area contributed by atoms with Gasteiger partial charge in [-0.1, -0.05) is 0 Å². The Balaban J connectivity index is 4.01. The zero-order chi connectivity index (χ0) is 8.41. The summed E-state index contributed by atoms with van der Waals surface area (Å²) in [5, 5.41) is 0. The Labute approximate surface area is 70.8 Å². The molecule has 0 saturated carbocycles. The Morgan fingerprint density at radius 2 is 0.800 bits per heavy atom. The molecule has 60 valence electrons. The molecule has 0 aliphatic rings. The Kier molecular flexibility index (Phi) is 3.77. The summed E-state index contributed by atoms with van der Waals surface area (Å²) in [5.74, 6) is 14.6. The Morgan fingerprint density at radius 1 is 0.600 bits per heavy atom. The van der Waals surface area contributed by atoms with Gasteiger partial charge in [0.25, 0.3) is 0 Å². The molecule has 0 fully saturated rings. The van der Waals surface area contributed by atoms with Crippen molar-refractivity contribution in [3.05, 3.63) is 9.82 Å². The third kappa shape index (κ3) is 8.83. The van der Waals surface area contributed by atoms with Crippen LogP contribution in [0, 0.1) is 0 Å². The van der Waals surface area contributed by atoms with Crippen LogP contribution >= 0.6 is 0 Å². The second-order valence-electron chi connectivity index (χ2n) is 5.07. The summed E-state index contributed by atoms with van der Waals surface area (Å²) < 4.78 is 0. The van der Waals surface area contributed by atoms with Crippen LogP contribution in [0.15, 0.2) is 9.82 Å². The van der Waals surface area contributed by atoms with Gasteiger partial charge < -0.3 is 0 Å². The van der Waals surface area contributed by atoms with Crippen LogP contribution in [0.5, 0.6) is 0 Å². The van der Waals surface area contributed by atoms with Gasteiger partial charge in [0.05, 0.1) is 0 Å². The molecule has 0 aromatic heterocycles. The van der Waals surface area contributed by atoms with Crippen LogP contribution in [-0.2, 0) is 0 Å². The summed E-state index contributed by atoms with van der Waals surface area (Å²) in [6.07, 6.45) is 0. The Hall–Kier alpha value is 0.826. The fourth-order valence-corrected chi connectivity index (χ4v) is 13.5. The molecular weight excluding hydrogens is 241 g/mol. The van der Waals surface area contributed by atoms with Crippen LogP contribution in [0.1, 0.15) is 0 Å². The number of hydrogen-bond donors (Lipinski definition) is 0. The molecule has 0 atom stereocenters. The zero-order valence-electron chi connectivity index (χ0n) is 8.15. The van der Waals surface area contributed by atoms with Gasteiger partial charge in [-0.3, -0.25) is 0 Å². The number of hydrogen-bond acceptors (Lipinski definition) is 0. The van der Waals surface area contributed by atoms with E-state index < -0.39 is 26.5 Å². The van der Waals surface area contributed by atoms with Gasteiger partial charge in [-0.25, -0.2) is 0 Å². The van der Waals surface area contributed by atoms with Crippen molar-refractivity contribution in [3.63, 3.8) is 0 Å². The van der Waals surface area contributed by atoms with Crippen molar-refractivity contribution in [2.75, 3.05) is 0 Å². The van der Waals surface area contributed by atoms with E-state index in [9.17, 15) is 0 Å². The van der Waals surface area contributed by atoms with E-state index in [-0.39, 0.29) is 0 Å². The molecule has 0 heterocycles. The first-order chi connectivity index (χ1) is 4.21. The van der Waals surface area contributed by atoms with Crippen molar-refractivity contribution in [1.29, 1.82) is 0 Å². The molecule has 10 heavy (non-hydrogen) atoms. The molecule has 0 N–H and O–H groups in total. The molecule has 0 bridgehead atoms. The normalized spacial score (nSPS) is 14.6. The van der Waals surface area contributed by atoms with Crippen LogP contribution in [0.4, 0.5) is 0 Å². The van der Waals surface area contributed by atoms with E-state index >= 15 is 0 Å². The van der Waals surface area contributed by atoms with Crippen LogP contribution in [0.3, 0.4) is 0 Å². The molecule has 0 amide bonds. The first-order valence-corrected chi connectivity index (χ1v) is 18.9. The average molecular weight is 261 g/mol. The Bertz CT molecular complexity index is 107. The molecule has 0 rings (SSSR count). The molecule has 0 aliphatic carbocycles. The molecule has 0 aromatic rings. The first-order valence-electron chi connectivity index (χ1n) is 3.91. The third-order valence-corrected chi connectivity index (χ3v) is 7.45. The van der Waals surface area contributed by atoms with Gasteiger partial charge in [0.2, 0.25) is 0 Å². The van der Waals surface area contributed by atoms with Crippen molar-refractivity contribution in [2.24, 2.45) is 0 Å². The van der Waals surface area contributed by atoms with E-state index in [2.05, 4.69) is 44.4 Å². The van der Waals surface area contributed by atoms with E-state index in [1.807, 2.05) is 0 Å². The van der Waals surface area contributed by atoms with Gasteiger partial charge in [0.1, 0.15) is 0 Å². The summed E-state index contributed by atoms with van der Waals surface area (Å²) in [7, 11) is 0. The van der Waals surface area contributed by atoms with Crippen LogP contribution in [0.2, 0.25) is 34.5 Å². The van der Waals surface area contributed by atoms with E-state index in [1.54, 1.807) is 0 Å². The fraction of sp³-hybridized carbons (Fsp3) is 0.750. The summed E-state index contributed by atoms with van der Waals surface area (Å²) in [6, 6.07) is 0. The summed E-state index contributed by atoms with van der Waals surface area (Å²) in [6.45, 7) is 0. The maximum absolute atomic E-state index is 2.54. The first kappa shape index (κ1) is 10.8. The fourth-order valence-electron chi connectivity index (χ4n) is 0.500. The molecule has 2 heteroatoms. The molecule has 0 saturated heterocycles. The predicted octanol–water partition coefficient (Wildman–Crippen LogP) is 3.30. The van der Waals surface area contributed by atoms with Gasteiger partial charge in [0, 0.05) is 0 Å². The molecule has 0 nitrogen and oxygen atoms in total. The van der Waals surface area contributed by atoms with Gasteiger partial charge in [-0.15, -0.1) is 0 Å². The minimum absolute atomic E-state index is 1.35. The second kappa shape index (κ2) is 3.48. The van der Waals surface area contributed by atoms with Gasteiger partial charge in [-0.05, 0) is 0 Å². The van der Waals surface area contributed by atoms with Gasteiger partial charge >= 0.3 is 70.9 Å². The van der Waals surface area contributed by atoms with Crippen molar-refractivity contribution < 1.29 is 0 Å². The zero-order valence-corrected chi connectivity index (χ0v) is 12.4. The molecular formula is C8H20Ge2. The minimum atomic E-state index is -1.35. The SMILES string of the molecule is [CH3][Ge]([CH3])([CH3])[CH]=[CH][Ge]([CH3])([CH3])[CH3]. The monoisotopic (exact) mass is 264 g/mol. The van der Waals surface area contributed by atoms with Gasteiger partial charge in [-0.2, -0.15) is 0 Å². The molecule has 0 spiro atoms. The molecule has 0 unspecified atom stereocenters. The Morgan fingerprint density at radius 3 is 0.900 bits per heavy atom. The van der Waals surface area contributed by atoms with Crippen molar-refractivity contribution in [3.8, 4) is 0 Å². The van der Waals surface area contributed by atoms with Gasteiger partial charge in [0.15, 0.2) is 0 Å². The van der Waals surface area contributed by atoms with Crippen LogP contribution < -0.4 is 0 Å². The second-order valence-corrected chi connectivity index (χ2v) is 26.3.